The fraction of sp³-hybridized carbons (Fsp3) is 0.458. The lowest BCUT2D eigenvalue weighted by Crippen LogP contribution is -2.36. The summed E-state index contributed by atoms with van der Waals surface area (Å²) in [6, 6.07) is 15.1. The highest BCUT2D eigenvalue weighted by atomic mass is 127. The predicted molar refractivity (Wildman–Crippen MR) is 133 cm³/mol. The van der Waals surface area contributed by atoms with Crippen LogP contribution in [0.3, 0.4) is 0 Å². The van der Waals surface area contributed by atoms with Gasteiger partial charge in [-0.05, 0) is 48.9 Å². The number of benzene rings is 2. The van der Waals surface area contributed by atoms with Crippen molar-refractivity contribution in [2.45, 2.75) is 52.5 Å². The van der Waals surface area contributed by atoms with E-state index in [1.54, 1.807) is 7.05 Å². The minimum absolute atomic E-state index is 0. The number of rotatable bonds is 7. The lowest BCUT2D eigenvalue weighted by Gasteiger charge is -2.22. The van der Waals surface area contributed by atoms with E-state index in [0.717, 1.165) is 45.1 Å². The SMILES string of the molecule is CN=C(NCc1cccc(COC2CCOCC2)c1)NCc1ccc(C)cc1C.I. The second kappa shape index (κ2) is 12.9. The molecule has 0 spiro atoms. The monoisotopic (exact) mass is 523 g/mol. The molecule has 0 radical (unpaired) electrons. The Kier molecular flexibility index (Phi) is 10.6. The van der Waals surface area contributed by atoms with Crippen molar-refractivity contribution in [3.05, 3.63) is 70.3 Å². The molecule has 6 heteroatoms. The number of ether oxygens (including phenoxy) is 2. The van der Waals surface area contributed by atoms with Crippen LogP contribution in [0, 0.1) is 13.8 Å². The minimum Gasteiger partial charge on any atom is -0.381 e. The molecule has 2 aromatic carbocycles. The lowest BCUT2D eigenvalue weighted by atomic mass is 10.1. The number of hydrogen-bond acceptors (Lipinski definition) is 3. The molecular formula is C24H34IN3O2. The normalized spacial score (nSPS) is 14.8. The first-order valence-electron chi connectivity index (χ1n) is 10.4. The molecule has 0 unspecified atom stereocenters. The van der Waals surface area contributed by atoms with Crippen LogP contribution in [-0.4, -0.2) is 32.3 Å². The average molecular weight is 523 g/mol. The van der Waals surface area contributed by atoms with Crippen LogP contribution in [0.2, 0.25) is 0 Å². The van der Waals surface area contributed by atoms with Gasteiger partial charge in [0.2, 0.25) is 0 Å². The van der Waals surface area contributed by atoms with Crippen molar-refractivity contribution in [3.63, 3.8) is 0 Å². The fourth-order valence-electron chi connectivity index (χ4n) is 3.52. The molecule has 5 nitrogen and oxygen atoms in total. The van der Waals surface area contributed by atoms with Crippen LogP contribution in [-0.2, 0) is 29.2 Å². The van der Waals surface area contributed by atoms with Gasteiger partial charge in [0, 0.05) is 33.4 Å². The van der Waals surface area contributed by atoms with Crippen LogP contribution in [0.4, 0.5) is 0 Å². The van der Waals surface area contributed by atoms with Crippen LogP contribution < -0.4 is 10.6 Å². The highest BCUT2D eigenvalue weighted by molar-refractivity contribution is 14.0. The molecule has 0 saturated carbocycles. The third-order valence-corrected chi connectivity index (χ3v) is 5.27. The summed E-state index contributed by atoms with van der Waals surface area (Å²) in [5.41, 5.74) is 6.28. The molecule has 0 aromatic heterocycles. The Morgan fingerprint density at radius 2 is 1.77 bits per heavy atom. The van der Waals surface area contributed by atoms with Crippen LogP contribution >= 0.6 is 24.0 Å². The quantitative estimate of drug-likeness (QED) is 0.319. The van der Waals surface area contributed by atoms with Gasteiger partial charge in [0.1, 0.15) is 0 Å². The maximum absolute atomic E-state index is 6.04. The zero-order valence-corrected chi connectivity index (χ0v) is 20.6. The Hall–Kier alpha value is -1.64. The van der Waals surface area contributed by atoms with Gasteiger partial charge in [-0.15, -0.1) is 24.0 Å². The minimum atomic E-state index is 0. The number of aliphatic imine (C=N–C) groups is 1. The van der Waals surface area contributed by atoms with Gasteiger partial charge in [0.15, 0.2) is 5.96 Å². The molecule has 3 rings (SSSR count). The largest absolute Gasteiger partial charge is 0.381 e. The maximum atomic E-state index is 6.04. The topological polar surface area (TPSA) is 54.9 Å². The Bertz CT molecular complexity index is 820. The van der Waals surface area contributed by atoms with Crippen LogP contribution in [0.15, 0.2) is 47.5 Å². The number of hydrogen-bond donors (Lipinski definition) is 2. The van der Waals surface area contributed by atoms with Gasteiger partial charge >= 0.3 is 0 Å². The standard InChI is InChI=1S/C24H33N3O2.HI/c1-18-7-8-22(19(2)13-18)16-27-24(25-3)26-15-20-5-4-6-21(14-20)17-29-23-9-11-28-12-10-23;/h4-8,13-14,23H,9-12,15-17H2,1-3H3,(H2,25,26,27);1H. The maximum Gasteiger partial charge on any atom is 0.191 e. The van der Waals surface area contributed by atoms with Crippen LogP contribution in [0.5, 0.6) is 0 Å². The van der Waals surface area contributed by atoms with Gasteiger partial charge in [0.25, 0.3) is 0 Å². The third-order valence-electron chi connectivity index (χ3n) is 5.27. The summed E-state index contributed by atoms with van der Waals surface area (Å²) in [7, 11) is 1.80. The van der Waals surface area contributed by atoms with E-state index in [-0.39, 0.29) is 24.0 Å². The van der Waals surface area contributed by atoms with E-state index in [1.165, 1.54) is 27.8 Å². The van der Waals surface area contributed by atoms with E-state index in [1.807, 2.05) is 0 Å². The Balaban J connectivity index is 0.00000320. The summed E-state index contributed by atoms with van der Waals surface area (Å²) in [6.07, 6.45) is 2.30. The molecule has 0 bridgehead atoms. The van der Waals surface area contributed by atoms with Gasteiger partial charge in [0.05, 0.1) is 12.7 Å². The summed E-state index contributed by atoms with van der Waals surface area (Å²) in [5.74, 6) is 0.800. The number of halogens is 1. The molecule has 2 N–H and O–H groups in total. The summed E-state index contributed by atoms with van der Waals surface area (Å²) in [6.45, 7) is 8.01. The van der Waals surface area contributed by atoms with Crippen molar-refractivity contribution in [1.82, 2.24) is 10.6 Å². The molecule has 1 aliphatic heterocycles. The molecule has 1 heterocycles. The van der Waals surface area contributed by atoms with Gasteiger partial charge < -0.3 is 20.1 Å². The molecule has 1 fully saturated rings. The average Bonchev–Trinajstić information content (AvgIpc) is 2.74. The first-order chi connectivity index (χ1) is 14.1. The Labute approximate surface area is 197 Å². The third kappa shape index (κ3) is 7.89. The van der Waals surface area contributed by atoms with Crippen LogP contribution in [0.25, 0.3) is 0 Å². The van der Waals surface area contributed by atoms with Crippen molar-refractivity contribution in [3.8, 4) is 0 Å². The Morgan fingerprint density at radius 3 is 2.50 bits per heavy atom. The summed E-state index contributed by atoms with van der Waals surface area (Å²) in [5, 5.41) is 6.80. The number of nitrogens with zero attached hydrogens (tertiary/aromatic N) is 1. The number of aryl methyl sites for hydroxylation is 2. The number of nitrogens with one attached hydrogen (secondary N) is 2. The van der Waals surface area contributed by atoms with E-state index in [4.69, 9.17) is 9.47 Å². The van der Waals surface area contributed by atoms with Gasteiger partial charge in [-0.2, -0.15) is 0 Å². The predicted octanol–water partition coefficient (Wildman–Crippen LogP) is 4.48. The van der Waals surface area contributed by atoms with Crippen molar-refractivity contribution in [2.75, 3.05) is 20.3 Å². The zero-order valence-electron chi connectivity index (χ0n) is 18.2. The summed E-state index contributed by atoms with van der Waals surface area (Å²) < 4.78 is 11.4. The molecular weight excluding hydrogens is 489 g/mol. The molecule has 0 amide bonds. The van der Waals surface area contributed by atoms with E-state index >= 15 is 0 Å². The molecule has 1 aliphatic rings. The van der Waals surface area contributed by atoms with Crippen molar-refractivity contribution in [1.29, 1.82) is 0 Å². The molecule has 0 atom stereocenters. The smallest absolute Gasteiger partial charge is 0.191 e. The lowest BCUT2D eigenvalue weighted by molar-refractivity contribution is -0.0390. The van der Waals surface area contributed by atoms with E-state index in [2.05, 4.69) is 71.9 Å². The molecule has 2 aromatic rings. The second-order valence-electron chi connectivity index (χ2n) is 7.65. The highest BCUT2D eigenvalue weighted by Crippen LogP contribution is 2.14. The van der Waals surface area contributed by atoms with E-state index in [9.17, 15) is 0 Å². The molecule has 0 aliphatic carbocycles. The van der Waals surface area contributed by atoms with E-state index < -0.39 is 0 Å². The zero-order chi connectivity index (χ0) is 20.5. The van der Waals surface area contributed by atoms with Gasteiger partial charge in [-0.3, -0.25) is 4.99 Å². The summed E-state index contributed by atoms with van der Waals surface area (Å²) >= 11 is 0. The van der Waals surface area contributed by atoms with Gasteiger partial charge in [-0.1, -0.05) is 48.0 Å². The Morgan fingerprint density at radius 1 is 1.03 bits per heavy atom. The molecule has 164 valence electrons. The molecule has 30 heavy (non-hydrogen) atoms. The summed E-state index contributed by atoms with van der Waals surface area (Å²) in [4.78, 5) is 4.34. The first kappa shape index (κ1) is 24.6. The van der Waals surface area contributed by atoms with Crippen molar-refractivity contribution in [2.24, 2.45) is 4.99 Å². The molecule has 1 saturated heterocycles. The van der Waals surface area contributed by atoms with E-state index in [0.29, 0.717) is 12.7 Å². The van der Waals surface area contributed by atoms with Crippen molar-refractivity contribution >= 4 is 29.9 Å². The number of guanidine groups is 1. The van der Waals surface area contributed by atoms with Crippen LogP contribution in [0.1, 0.15) is 40.7 Å². The highest BCUT2D eigenvalue weighted by Gasteiger charge is 2.14. The van der Waals surface area contributed by atoms with Crippen molar-refractivity contribution < 1.29 is 9.47 Å². The van der Waals surface area contributed by atoms with Gasteiger partial charge in [-0.25, -0.2) is 0 Å². The first-order valence-corrected chi connectivity index (χ1v) is 10.4. The fourth-order valence-corrected chi connectivity index (χ4v) is 3.52. The second-order valence-corrected chi connectivity index (χ2v) is 7.65.